The molecule has 2 aromatic carbocycles. The summed E-state index contributed by atoms with van der Waals surface area (Å²) in [6, 6.07) is 11.2. The van der Waals surface area contributed by atoms with Gasteiger partial charge in [-0.05, 0) is 55.5 Å². The van der Waals surface area contributed by atoms with Crippen molar-refractivity contribution in [3.05, 3.63) is 54.1 Å². The summed E-state index contributed by atoms with van der Waals surface area (Å²) in [5, 5.41) is 2.52. The molecule has 0 spiro atoms. The van der Waals surface area contributed by atoms with Gasteiger partial charge in [-0.1, -0.05) is 0 Å². The van der Waals surface area contributed by atoms with Gasteiger partial charge in [0.15, 0.2) is 5.78 Å². The number of carbonyl (C=O) groups excluding carboxylic acids is 5. The Morgan fingerprint density at radius 2 is 1.55 bits per heavy atom. The predicted molar refractivity (Wildman–Crippen MR) is 103 cm³/mol. The van der Waals surface area contributed by atoms with Gasteiger partial charge >= 0.3 is 17.8 Å². The van der Waals surface area contributed by atoms with E-state index in [9.17, 15) is 24.0 Å². The average Bonchev–Trinajstić information content (AvgIpc) is 2.92. The summed E-state index contributed by atoms with van der Waals surface area (Å²) in [4.78, 5) is 61.8. The number of benzene rings is 2. The largest absolute Gasteiger partial charge is 0.497 e. The van der Waals surface area contributed by atoms with Crippen LogP contribution in [0.4, 0.5) is 16.2 Å². The van der Waals surface area contributed by atoms with Crippen molar-refractivity contribution < 1.29 is 28.7 Å². The van der Waals surface area contributed by atoms with E-state index in [2.05, 4.69) is 5.32 Å². The third-order valence-corrected chi connectivity index (χ3v) is 4.26. The second-order valence-corrected chi connectivity index (χ2v) is 6.19. The Labute approximate surface area is 165 Å². The molecule has 1 saturated heterocycles. The van der Waals surface area contributed by atoms with Crippen molar-refractivity contribution in [2.24, 2.45) is 0 Å². The highest BCUT2D eigenvalue weighted by molar-refractivity contribution is 6.53. The summed E-state index contributed by atoms with van der Waals surface area (Å²) in [5.74, 6) is -2.39. The van der Waals surface area contributed by atoms with E-state index in [1.165, 1.54) is 38.3 Å². The SMILES string of the molecule is COc1ccc(N2C(=O)C(=O)N(CC(=O)Nc3ccc(C(C)=O)cc3)C2=O)cc1. The molecule has 0 radical (unpaired) electrons. The zero-order valence-corrected chi connectivity index (χ0v) is 15.7. The van der Waals surface area contributed by atoms with Crippen molar-refractivity contribution >= 4 is 40.9 Å². The van der Waals surface area contributed by atoms with Gasteiger partial charge in [0.1, 0.15) is 12.3 Å². The Bertz CT molecular complexity index is 998. The number of nitrogens with one attached hydrogen (secondary N) is 1. The van der Waals surface area contributed by atoms with Crippen LogP contribution in [0.2, 0.25) is 0 Å². The van der Waals surface area contributed by atoms with Crippen LogP contribution in [-0.2, 0) is 14.4 Å². The van der Waals surface area contributed by atoms with E-state index in [0.717, 1.165) is 0 Å². The number of Topliss-reactive ketones (excluding diaryl/α,β-unsaturated/α-hetero) is 1. The maximum Gasteiger partial charge on any atom is 0.339 e. The molecular weight excluding hydrogens is 378 g/mol. The lowest BCUT2D eigenvalue weighted by atomic mass is 10.1. The van der Waals surface area contributed by atoms with E-state index >= 15 is 0 Å². The van der Waals surface area contributed by atoms with Gasteiger partial charge in [-0.3, -0.25) is 19.2 Å². The molecule has 1 heterocycles. The number of imide groups is 2. The van der Waals surface area contributed by atoms with Gasteiger partial charge in [-0.25, -0.2) is 14.6 Å². The Balaban J connectivity index is 1.70. The summed E-state index contributed by atoms with van der Waals surface area (Å²) in [6.07, 6.45) is 0. The van der Waals surface area contributed by atoms with Crippen LogP contribution in [-0.4, -0.2) is 48.1 Å². The van der Waals surface area contributed by atoms with Crippen molar-refractivity contribution in [2.75, 3.05) is 23.9 Å². The lowest BCUT2D eigenvalue weighted by Gasteiger charge is -2.15. The molecular formula is C20H17N3O6. The van der Waals surface area contributed by atoms with Gasteiger partial charge in [0, 0.05) is 11.3 Å². The highest BCUT2D eigenvalue weighted by Crippen LogP contribution is 2.24. The average molecular weight is 395 g/mol. The third kappa shape index (κ3) is 3.98. The number of anilines is 2. The molecule has 1 aliphatic rings. The summed E-state index contributed by atoms with van der Waals surface area (Å²) in [7, 11) is 1.47. The molecule has 1 aliphatic heterocycles. The first-order chi connectivity index (χ1) is 13.8. The third-order valence-electron chi connectivity index (χ3n) is 4.26. The van der Waals surface area contributed by atoms with Gasteiger partial charge in [0.2, 0.25) is 5.91 Å². The number of urea groups is 1. The minimum Gasteiger partial charge on any atom is -0.497 e. The lowest BCUT2D eigenvalue weighted by Crippen LogP contribution is -2.39. The molecule has 148 valence electrons. The number of hydrogen-bond acceptors (Lipinski definition) is 6. The molecule has 2 aromatic rings. The highest BCUT2D eigenvalue weighted by Gasteiger charge is 2.46. The molecule has 0 saturated carbocycles. The molecule has 1 fully saturated rings. The molecule has 0 aliphatic carbocycles. The van der Waals surface area contributed by atoms with E-state index in [4.69, 9.17) is 4.74 Å². The van der Waals surface area contributed by atoms with Crippen LogP contribution in [0.1, 0.15) is 17.3 Å². The molecule has 1 N–H and O–H groups in total. The number of methoxy groups -OCH3 is 1. The first-order valence-electron chi connectivity index (χ1n) is 8.56. The molecule has 9 nitrogen and oxygen atoms in total. The fourth-order valence-corrected chi connectivity index (χ4v) is 2.74. The van der Waals surface area contributed by atoms with Crippen molar-refractivity contribution in [2.45, 2.75) is 6.92 Å². The van der Waals surface area contributed by atoms with Crippen molar-refractivity contribution in [1.29, 1.82) is 0 Å². The second-order valence-electron chi connectivity index (χ2n) is 6.19. The minimum atomic E-state index is -1.09. The molecule has 0 aromatic heterocycles. The normalized spacial score (nSPS) is 13.7. The van der Waals surface area contributed by atoms with Crippen LogP contribution in [0.25, 0.3) is 0 Å². The smallest absolute Gasteiger partial charge is 0.339 e. The number of ketones is 1. The zero-order valence-electron chi connectivity index (χ0n) is 15.7. The van der Waals surface area contributed by atoms with Gasteiger partial charge in [-0.15, -0.1) is 0 Å². The van der Waals surface area contributed by atoms with E-state index in [1.54, 1.807) is 24.3 Å². The van der Waals surface area contributed by atoms with Gasteiger partial charge in [0.05, 0.1) is 12.8 Å². The van der Waals surface area contributed by atoms with E-state index in [0.29, 0.717) is 26.8 Å². The lowest BCUT2D eigenvalue weighted by molar-refractivity contribution is -0.140. The van der Waals surface area contributed by atoms with E-state index in [1.807, 2.05) is 0 Å². The van der Waals surface area contributed by atoms with Crippen LogP contribution in [0.3, 0.4) is 0 Å². The van der Waals surface area contributed by atoms with Crippen molar-refractivity contribution in [3.63, 3.8) is 0 Å². The Morgan fingerprint density at radius 1 is 0.931 bits per heavy atom. The van der Waals surface area contributed by atoms with Gasteiger partial charge in [0.25, 0.3) is 0 Å². The van der Waals surface area contributed by atoms with Crippen LogP contribution in [0.15, 0.2) is 48.5 Å². The fraction of sp³-hybridized carbons (Fsp3) is 0.150. The predicted octanol–water partition coefficient (Wildman–Crippen LogP) is 1.83. The van der Waals surface area contributed by atoms with Crippen LogP contribution >= 0.6 is 0 Å². The van der Waals surface area contributed by atoms with Crippen LogP contribution in [0.5, 0.6) is 5.75 Å². The first kappa shape index (κ1) is 19.7. The Hall–Kier alpha value is -4.01. The molecule has 9 heteroatoms. The molecule has 0 atom stereocenters. The highest BCUT2D eigenvalue weighted by atomic mass is 16.5. The van der Waals surface area contributed by atoms with E-state index < -0.39 is 30.3 Å². The molecule has 29 heavy (non-hydrogen) atoms. The number of rotatable bonds is 6. The number of amides is 5. The van der Waals surface area contributed by atoms with Gasteiger partial charge in [-0.2, -0.15) is 0 Å². The quantitative estimate of drug-likeness (QED) is 0.454. The van der Waals surface area contributed by atoms with Gasteiger partial charge < -0.3 is 10.1 Å². The summed E-state index contributed by atoms with van der Waals surface area (Å²) >= 11 is 0. The maximum absolute atomic E-state index is 12.6. The zero-order chi connectivity index (χ0) is 21.1. The second kappa shape index (κ2) is 7.93. The molecule has 0 bridgehead atoms. The number of carbonyl (C=O) groups is 5. The monoisotopic (exact) mass is 395 g/mol. The van der Waals surface area contributed by atoms with Crippen LogP contribution in [0, 0.1) is 0 Å². The number of hydrogen-bond donors (Lipinski definition) is 1. The fourth-order valence-electron chi connectivity index (χ4n) is 2.74. The summed E-state index contributed by atoms with van der Waals surface area (Å²) in [6.45, 7) is 0.800. The maximum atomic E-state index is 12.6. The molecule has 0 unspecified atom stereocenters. The van der Waals surface area contributed by atoms with Crippen LogP contribution < -0.4 is 15.0 Å². The number of nitrogens with zero attached hydrogens (tertiary/aromatic N) is 2. The topological polar surface area (TPSA) is 113 Å². The summed E-state index contributed by atoms with van der Waals surface area (Å²) in [5.41, 5.74) is 1.06. The number of ether oxygens (including phenoxy) is 1. The molecule has 3 rings (SSSR count). The van der Waals surface area contributed by atoms with Crippen molar-refractivity contribution in [1.82, 2.24) is 4.90 Å². The Kier molecular flexibility index (Phi) is 5.40. The minimum absolute atomic E-state index is 0.117. The standard InChI is InChI=1S/C20H17N3O6/c1-12(24)13-3-5-14(6-4-13)21-17(25)11-22-18(26)19(27)23(20(22)28)15-7-9-16(29-2)10-8-15/h3-10H,11H2,1-2H3,(H,21,25). The van der Waals surface area contributed by atoms with E-state index in [-0.39, 0.29) is 11.5 Å². The summed E-state index contributed by atoms with van der Waals surface area (Å²) < 4.78 is 5.02. The first-order valence-corrected chi connectivity index (χ1v) is 8.56. The Morgan fingerprint density at radius 3 is 2.10 bits per heavy atom. The molecule has 5 amide bonds. The van der Waals surface area contributed by atoms with Crippen molar-refractivity contribution in [3.8, 4) is 5.75 Å².